The van der Waals surface area contributed by atoms with Crippen molar-refractivity contribution < 1.29 is 9.53 Å². The molecule has 0 aromatic carbocycles. The van der Waals surface area contributed by atoms with Gasteiger partial charge in [0.15, 0.2) is 0 Å². The number of likely N-dealkylation sites (tertiary alicyclic amines) is 1. The molecule has 1 fully saturated rings. The summed E-state index contributed by atoms with van der Waals surface area (Å²) in [7, 11) is 6.04. The molecule has 1 saturated heterocycles. The van der Waals surface area contributed by atoms with Crippen LogP contribution in [0.1, 0.15) is 12.8 Å². The van der Waals surface area contributed by atoms with Crippen molar-refractivity contribution in [2.24, 2.45) is 5.92 Å². The zero-order chi connectivity index (χ0) is 11.3. The fourth-order valence-electron chi connectivity index (χ4n) is 1.69. The van der Waals surface area contributed by atoms with Crippen LogP contribution in [0.5, 0.6) is 0 Å². The van der Waals surface area contributed by atoms with Crippen molar-refractivity contribution in [2.45, 2.75) is 12.8 Å². The smallest absolute Gasteiger partial charge is 0.309 e. The molecule has 0 aromatic heterocycles. The molecule has 0 aliphatic carbocycles. The van der Waals surface area contributed by atoms with Crippen molar-refractivity contribution in [3.8, 4) is 0 Å². The van der Waals surface area contributed by atoms with E-state index in [9.17, 15) is 4.79 Å². The fourth-order valence-corrected chi connectivity index (χ4v) is 1.69. The van der Waals surface area contributed by atoms with E-state index in [1.165, 1.54) is 0 Å². The number of nitrogens with zero attached hydrogens (tertiary/aromatic N) is 2. The number of carbonyl (C=O) groups excluding carboxylic acids is 1. The number of ether oxygens (including phenoxy) is 1. The lowest BCUT2D eigenvalue weighted by atomic mass is 9.97. The zero-order valence-electron chi connectivity index (χ0n) is 10.0. The van der Waals surface area contributed by atoms with E-state index in [0.717, 1.165) is 32.5 Å². The second kappa shape index (κ2) is 6.08. The molecule has 88 valence electrons. The van der Waals surface area contributed by atoms with Gasteiger partial charge in [0.25, 0.3) is 0 Å². The molecule has 1 aliphatic rings. The molecular weight excluding hydrogens is 192 g/mol. The van der Waals surface area contributed by atoms with Gasteiger partial charge in [-0.05, 0) is 47.1 Å². The van der Waals surface area contributed by atoms with Crippen LogP contribution in [0.4, 0.5) is 0 Å². The first-order valence-electron chi connectivity index (χ1n) is 5.59. The van der Waals surface area contributed by atoms with E-state index >= 15 is 0 Å². The maximum absolute atomic E-state index is 11.6. The highest BCUT2D eigenvalue weighted by Gasteiger charge is 2.24. The first-order chi connectivity index (χ1) is 7.09. The fraction of sp³-hybridized carbons (Fsp3) is 0.909. The largest absolute Gasteiger partial charge is 0.464 e. The maximum atomic E-state index is 11.6. The summed E-state index contributed by atoms with van der Waals surface area (Å²) in [6, 6.07) is 0. The van der Waals surface area contributed by atoms with Crippen molar-refractivity contribution in [1.82, 2.24) is 9.80 Å². The molecule has 0 radical (unpaired) electrons. The molecule has 1 rings (SSSR count). The van der Waals surface area contributed by atoms with Gasteiger partial charge in [0.05, 0.1) is 5.92 Å². The van der Waals surface area contributed by atoms with Gasteiger partial charge in [0.2, 0.25) is 0 Å². The predicted molar refractivity (Wildman–Crippen MR) is 59.7 cm³/mol. The van der Waals surface area contributed by atoms with Crippen LogP contribution in [-0.4, -0.2) is 63.2 Å². The van der Waals surface area contributed by atoms with E-state index in [1.54, 1.807) is 0 Å². The van der Waals surface area contributed by atoms with Crippen LogP contribution >= 0.6 is 0 Å². The van der Waals surface area contributed by atoms with Crippen molar-refractivity contribution in [1.29, 1.82) is 0 Å². The number of hydrogen-bond donors (Lipinski definition) is 0. The third-order valence-corrected chi connectivity index (χ3v) is 2.83. The molecule has 1 aliphatic heterocycles. The quantitative estimate of drug-likeness (QED) is 0.636. The molecule has 0 spiro atoms. The summed E-state index contributed by atoms with van der Waals surface area (Å²) in [6.07, 6.45) is 1.88. The van der Waals surface area contributed by atoms with Crippen LogP contribution in [0.15, 0.2) is 0 Å². The predicted octanol–water partition coefficient (Wildman–Crippen LogP) is 0.433. The Labute approximate surface area is 92.2 Å². The van der Waals surface area contributed by atoms with Crippen LogP contribution in [-0.2, 0) is 9.53 Å². The maximum Gasteiger partial charge on any atom is 0.309 e. The summed E-state index contributed by atoms with van der Waals surface area (Å²) < 4.78 is 5.23. The second-order valence-corrected chi connectivity index (χ2v) is 4.55. The average Bonchev–Trinajstić information content (AvgIpc) is 2.18. The highest BCUT2D eigenvalue weighted by Crippen LogP contribution is 2.17. The lowest BCUT2D eigenvalue weighted by molar-refractivity contribution is -0.150. The minimum absolute atomic E-state index is 0.00931. The highest BCUT2D eigenvalue weighted by atomic mass is 16.5. The Morgan fingerprint density at radius 3 is 2.53 bits per heavy atom. The Morgan fingerprint density at radius 2 is 2.00 bits per heavy atom. The number of hydrogen-bond acceptors (Lipinski definition) is 4. The molecule has 0 unspecified atom stereocenters. The van der Waals surface area contributed by atoms with Gasteiger partial charge in [-0.1, -0.05) is 0 Å². The molecule has 0 N–H and O–H groups in total. The molecule has 4 heteroatoms. The van der Waals surface area contributed by atoms with Gasteiger partial charge in [0.1, 0.15) is 6.61 Å². The van der Waals surface area contributed by atoms with Crippen LogP contribution in [0.3, 0.4) is 0 Å². The van der Waals surface area contributed by atoms with Gasteiger partial charge >= 0.3 is 5.97 Å². The molecule has 0 aromatic rings. The van der Waals surface area contributed by atoms with Gasteiger partial charge in [-0.25, -0.2) is 0 Å². The Kier molecular flexibility index (Phi) is 5.05. The van der Waals surface area contributed by atoms with Crippen LogP contribution < -0.4 is 0 Å². The van der Waals surface area contributed by atoms with Gasteiger partial charge in [-0.3, -0.25) is 4.79 Å². The topological polar surface area (TPSA) is 32.8 Å². The number of rotatable bonds is 4. The SMILES string of the molecule is CN(C)CCOC(=O)C1CCN(C)CC1. The minimum Gasteiger partial charge on any atom is -0.464 e. The summed E-state index contributed by atoms with van der Waals surface area (Å²) >= 11 is 0. The van der Waals surface area contributed by atoms with E-state index in [-0.39, 0.29) is 11.9 Å². The summed E-state index contributed by atoms with van der Waals surface area (Å²) in [6.45, 7) is 3.33. The third kappa shape index (κ3) is 4.62. The summed E-state index contributed by atoms with van der Waals surface area (Å²) in [5.41, 5.74) is 0. The van der Waals surface area contributed by atoms with Crippen molar-refractivity contribution in [3.05, 3.63) is 0 Å². The minimum atomic E-state index is -0.00931. The number of likely N-dealkylation sites (N-methyl/N-ethyl adjacent to an activating group) is 1. The Bertz CT molecular complexity index is 199. The molecule has 4 nitrogen and oxygen atoms in total. The Morgan fingerprint density at radius 1 is 1.40 bits per heavy atom. The van der Waals surface area contributed by atoms with Crippen molar-refractivity contribution in [2.75, 3.05) is 47.4 Å². The van der Waals surface area contributed by atoms with Crippen molar-refractivity contribution in [3.63, 3.8) is 0 Å². The zero-order valence-corrected chi connectivity index (χ0v) is 10.0. The molecule has 15 heavy (non-hydrogen) atoms. The standard InChI is InChI=1S/C11H22N2O2/c1-12(2)8-9-15-11(14)10-4-6-13(3)7-5-10/h10H,4-9H2,1-3H3. The van der Waals surface area contributed by atoms with Gasteiger partial charge in [-0.15, -0.1) is 0 Å². The first-order valence-corrected chi connectivity index (χ1v) is 5.59. The van der Waals surface area contributed by atoms with E-state index in [4.69, 9.17) is 4.74 Å². The lowest BCUT2D eigenvalue weighted by Crippen LogP contribution is -2.35. The van der Waals surface area contributed by atoms with Gasteiger partial charge in [0, 0.05) is 6.54 Å². The van der Waals surface area contributed by atoms with E-state index in [2.05, 4.69) is 11.9 Å². The summed E-state index contributed by atoms with van der Waals surface area (Å²) in [4.78, 5) is 15.9. The lowest BCUT2D eigenvalue weighted by Gasteiger charge is -2.27. The van der Waals surface area contributed by atoms with Crippen molar-refractivity contribution >= 4 is 5.97 Å². The molecular formula is C11H22N2O2. The molecule has 0 atom stereocenters. The van der Waals surface area contributed by atoms with Crippen LogP contribution in [0.2, 0.25) is 0 Å². The molecule has 0 saturated carbocycles. The number of esters is 1. The van der Waals surface area contributed by atoms with Crippen LogP contribution in [0, 0.1) is 5.92 Å². The molecule has 1 heterocycles. The van der Waals surface area contributed by atoms with E-state index in [0.29, 0.717) is 6.61 Å². The summed E-state index contributed by atoms with van der Waals surface area (Å²) in [5.74, 6) is 0.119. The number of piperidine rings is 1. The second-order valence-electron chi connectivity index (χ2n) is 4.55. The molecule has 0 bridgehead atoms. The monoisotopic (exact) mass is 214 g/mol. The Balaban J connectivity index is 2.17. The third-order valence-electron chi connectivity index (χ3n) is 2.83. The van der Waals surface area contributed by atoms with Crippen LogP contribution in [0.25, 0.3) is 0 Å². The first kappa shape index (κ1) is 12.5. The average molecular weight is 214 g/mol. The normalized spacial score (nSPS) is 19.5. The van der Waals surface area contributed by atoms with E-state index in [1.807, 2.05) is 19.0 Å². The Hall–Kier alpha value is -0.610. The number of carbonyl (C=O) groups is 1. The van der Waals surface area contributed by atoms with Gasteiger partial charge < -0.3 is 14.5 Å². The summed E-state index contributed by atoms with van der Waals surface area (Å²) in [5, 5.41) is 0. The van der Waals surface area contributed by atoms with E-state index < -0.39 is 0 Å². The highest BCUT2D eigenvalue weighted by molar-refractivity contribution is 5.72. The molecule has 0 amide bonds. The van der Waals surface area contributed by atoms with Gasteiger partial charge in [-0.2, -0.15) is 0 Å².